The van der Waals surface area contributed by atoms with Gasteiger partial charge in [-0.1, -0.05) is 6.07 Å². The van der Waals surface area contributed by atoms with Gasteiger partial charge in [-0.25, -0.2) is 0 Å². The quantitative estimate of drug-likeness (QED) is 0.651. The van der Waals surface area contributed by atoms with E-state index < -0.39 is 0 Å². The normalized spacial score (nSPS) is 10.8. The molecular formula is C14H11N2. The first-order valence-electron chi connectivity index (χ1n) is 5.25. The van der Waals surface area contributed by atoms with Gasteiger partial charge in [-0.2, -0.15) is 0 Å². The van der Waals surface area contributed by atoms with Gasteiger partial charge in [0.25, 0.3) is 0 Å². The zero-order valence-corrected chi connectivity index (χ0v) is 8.99. The number of aromatic nitrogens is 2. The van der Waals surface area contributed by atoms with Gasteiger partial charge in [-0.05, 0) is 43.3 Å². The van der Waals surface area contributed by atoms with E-state index in [0.29, 0.717) is 0 Å². The fraction of sp³-hybridized carbons (Fsp3) is 0.0714. The Morgan fingerprint density at radius 1 is 1.25 bits per heavy atom. The molecule has 0 saturated heterocycles. The molecule has 0 unspecified atom stereocenters. The second kappa shape index (κ2) is 3.49. The fourth-order valence-corrected chi connectivity index (χ4v) is 1.80. The van der Waals surface area contributed by atoms with E-state index in [-0.39, 0.29) is 0 Å². The molecule has 1 radical (unpaired) electrons. The van der Waals surface area contributed by atoms with Gasteiger partial charge in [0.05, 0.1) is 0 Å². The van der Waals surface area contributed by atoms with Gasteiger partial charge in [0, 0.05) is 34.1 Å². The Morgan fingerprint density at radius 3 is 2.94 bits per heavy atom. The molecule has 2 heterocycles. The van der Waals surface area contributed by atoms with Crippen LogP contribution < -0.4 is 0 Å². The van der Waals surface area contributed by atoms with E-state index in [4.69, 9.17) is 0 Å². The van der Waals surface area contributed by atoms with Crippen LogP contribution in [0.2, 0.25) is 0 Å². The Balaban J connectivity index is 2.15. The predicted molar refractivity (Wildman–Crippen MR) is 65.1 cm³/mol. The summed E-state index contributed by atoms with van der Waals surface area (Å²) in [5.74, 6) is 0. The van der Waals surface area contributed by atoms with E-state index in [1.807, 2.05) is 37.4 Å². The van der Waals surface area contributed by atoms with Crippen LogP contribution in [-0.4, -0.2) is 9.97 Å². The van der Waals surface area contributed by atoms with Gasteiger partial charge in [0.15, 0.2) is 0 Å². The van der Waals surface area contributed by atoms with Gasteiger partial charge < -0.3 is 4.98 Å². The van der Waals surface area contributed by atoms with Crippen molar-refractivity contribution in [1.82, 2.24) is 9.97 Å². The number of fused-ring (bicyclic) bond motifs is 1. The van der Waals surface area contributed by atoms with Crippen molar-refractivity contribution < 1.29 is 0 Å². The lowest BCUT2D eigenvalue weighted by molar-refractivity contribution is 1.20. The summed E-state index contributed by atoms with van der Waals surface area (Å²) < 4.78 is 0. The van der Waals surface area contributed by atoms with Crippen molar-refractivity contribution in [2.24, 2.45) is 0 Å². The first-order valence-corrected chi connectivity index (χ1v) is 5.25. The molecule has 1 N–H and O–H groups in total. The number of nitrogens with zero attached hydrogens (tertiary/aromatic N) is 1. The number of hydrogen-bond acceptors (Lipinski definition) is 1. The summed E-state index contributed by atoms with van der Waals surface area (Å²) in [5, 5.41) is 1.18. The molecule has 77 valence electrons. The molecule has 2 heteroatoms. The van der Waals surface area contributed by atoms with Gasteiger partial charge in [-0.3, -0.25) is 4.98 Å². The van der Waals surface area contributed by atoms with Crippen LogP contribution in [0.25, 0.3) is 22.2 Å². The minimum Gasteiger partial charge on any atom is -0.354 e. The second-order valence-corrected chi connectivity index (χ2v) is 3.88. The van der Waals surface area contributed by atoms with Crippen LogP contribution in [0.5, 0.6) is 0 Å². The minimum absolute atomic E-state index is 1.04. The third-order valence-corrected chi connectivity index (χ3v) is 2.69. The van der Waals surface area contributed by atoms with Crippen LogP contribution in [0, 0.1) is 13.0 Å². The van der Waals surface area contributed by atoms with E-state index in [1.54, 1.807) is 0 Å². The first-order chi connectivity index (χ1) is 7.83. The van der Waals surface area contributed by atoms with Crippen molar-refractivity contribution in [3.05, 3.63) is 54.4 Å². The van der Waals surface area contributed by atoms with E-state index >= 15 is 0 Å². The Morgan fingerprint density at radius 2 is 2.19 bits per heavy atom. The molecule has 0 amide bonds. The molecule has 0 saturated carbocycles. The Kier molecular flexibility index (Phi) is 2.00. The average molecular weight is 207 g/mol. The molecule has 0 atom stereocenters. The van der Waals surface area contributed by atoms with Crippen LogP contribution in [0.1, 0.15) is 5.69 Å². The van der Waals surface area contributed by atoms with Crippen LogP contribution in [0.15, 0.2) is 42.6 Å². The molecule has 0 bridgehead atoms. The number of hydrogen-bond donors (Lipinski definition) is 1. The number of aryl methyl sites for hydroxylation is 1. The molecule has 3 aromatic rings. The molecule has 16 heavy (non-hydrogen) atoms. The molecule has 0 spiro atoms. The number of aromatic amines is 1. The lowest BCUT2D eigenvalue weighted by Gasteiger charge is -1.97. The summed E-state index contributed by atoms with van der Waals surface area (Å²) in [6.45, 7) is 1.99. The maximum absolute atomic E-state index is 4.30. The number of H-pyrrole nitrogens is 1. The highest BCUT2D eigenvalue weighted by Gasteiger charge is 2.02. The minimum atomic E-state index is 1.04. The van der Waals surface area contributed by atoms with Gasteiger partial charge in [0.1, 0.15) is 0 Å². The summed E-state index contributed by atoms with van der Waals surface area (Å²) in [6.07, 6.45) is 1.89. The SMILES string of the molecule is Cc1ccc(-c2cc3c[c]ccc3[nH]2)cn1. The van der Waals surface area contributed by atoms with Gasteiger partial charge in [0.2, 0.25) is 0 Å². The predicted octanol–water partition coefficient (Wildman–Crippen LogP) is 3.34. The smallest absolute Gasteiger partial charge is 0.0480 e. The number of pyridine rings is 1. The van der Waals surface area contributed by atoms with Crippen LogP contribution in [-0.2, 0) is 0 Å². The third kappa shape index (κ3) is 1.48. The van der Waals surface area contributed by atoms with Crippen LogP contribution >= 0.6 is 0 Å². The summed E-state index contributed by atoms with van der Waals surface area (Å²) in [6, 6.07) is 15.2. The van der Waals surface area contributed by atoms with E-state index in [0.717, 1.165) is 22.5 Å². The monoisotopic (exact) mass is 207 g/mol. The van der Waals surface area contributed by atoms with E-state index in [9.17, 15) is 0 Å². The van der Waals surface area contributed by atoms with Crippen molar-refractivity contribution in [2.75, 3.05) is 0 Å². The van der Waals surface area contributed by atoms with Crippen molar-refractivity contribution in [2.45, 2.75) is 6.92 Å². The maximum Gasteiger partial charge on any atom is 0.0480 e. The zero-order valence-electron chi connectivity index (χ0n) is 8.99. The highest BCUT2D eigenvalue weighted by molar-refractivity contribution is 5.85. The summed E-state index contributed by atoms with van der Waals surface area (Å²) in [5.41, 5.74) is 4.38. The molecule has 2 nitrogen and oxygen atoms in total. The van der Waals surface area contributed by atoms with Crippen molar-refractivity contribution in [1.29, 1.82) is 0 Å². The maximum atomic E-state index is 4.30. The number of rotatable bonds is 1. The Labute approximate surface area is 94.0 Å². The van der Waals surface area contributed by atoms with E-state index in [1.165, 1.54) is 5.39 Å². The van der Waals surface area contributed by atoms with Gasteiger partial charge in [-0.15, -0.1) is 0 Å². The summed E-state index contributed by atoms with van der Waals surface area (Å²) >= 11 is 0. The lowest BCUT2D eigenvalue weighted by atomic mass is 10.2. The molecule has 1 aromatic carbocycles. The van der Waals surface area contributed by atoms with Crippen LogP contribution in [0.4, 0.5) is 0 Å². The Hall–Kier alpha value is -2.09. The summed E-state index contributed by atoms with van der Waals surface area (Å²) in [4.78, 5) is 7.67. The number of nitrogens with one attached hydrogen (secondary N) is 1. The highest BCUT2D eigenvalue weighted by atomic mass is 14.7. The lowest BCUT2D eigenvalue weighted by Crippen LogP contribution is -1.82. The molecule has 2 aromatic heterocycles. The average Bonchev–Trinajstić information content (AvgIpc) is 2.73. The molecule has 0 fully saturated rings. The molecular weight excluding hydrogens is 196 g/mol. The Bertz CT molecular complexity index is 588. The molecule has 0 aliphatic rings. The van der Waals surface area contributed by atoms with Crippen molar-refractivity contribution >= 4 is 10.9 Å². The summed E-state index contributed by atoms with van der Waals surface area (Å²) in [7, 11) is 0. The molecule has 3 rings (SSSR count). The van der Waals surface area contributed by atoms with Gasteiger partial charge >= 0.3 is 0 Å². The van der Waals surface area contributed by atoms with Crippen LogP contribution in [0.3, 0.4) is 0 Å². The fourth-order valence-electron chi connectivity index (χ4n) is 1.80. The second-order valence-electron chi connectivity index (χ2n) is 3.88. The zero-order chi connectivity index (χ0) is 11.0. The highest BCUT2D eigenvalue weighted by Crippen LogP contribution is 2.23. The molecule has 0 aliphatic heterocycles. The number of benzene rings is 1. The molecule has 0 aliphatic carbocycles. The largest absolute Gasteiger partial charge is 0.354 e. The first kappa shape index (κ1) is 9.16. The topological polar surface area (TPSA) is 28.7 Å². The van der Waals surface area contributed by atoms with Crippen molar-refractivity contribution in [3.8, 4) is 11.3 Å². The van der Waals surface area contributed by atoms with E-state index in [2.05, 4.69) is 28.2 Å². The standard InChI is InChI=1S/C14H11N2/c1-10-6-7-12(9-15-10)14-8-11-4-2-3-5-13(11)16-14/h3-9,16H,1H3. The van der Waals surface area contributed by atoms with Crippen molar-refractivity contribution in [3.63, 3.8) is 0 Å². The third-order valence-electron chi connectivity index (χ3n) is 2.69.